The summed E-state index contributed by atoms with van der Waals surface area (Å²) in [5, 5.41) is 3.48. The molecule has 0 aliphatic heterocycles. The van der Waals surface area contributed by atoms with Crippen LogP contribution in [0.5, 0.6) is 0 Å². The molecule has 1 unspecified atom stereocenters. The standard InChI is InChI=1S/C28H28N2/c1-18(2)16-20-10-9-14-21(19(3)4)27(20)26-17-29-28-24-13-6-5-11-22(24)23-12-7-8-15-25(23)30(26)28/h5-15,17-19H,16H2,1-4H3/i1D3. The highest BCUT2D eigenvalue weighted by Crippen LogP contribution is 2.38. The molecule has 0 N–H and O–H groups in total. The molecule has 0 bridgehead atoms. The molecule has 3 aromatic carbocycles. The van der Waals surface area contributed by atoms with E-state index in [-0.39, 0.29) is 0 Å². The summed E-state index contributed by atoms with van der Waals surface area (Å²) in [6.07, 6.45) is 2.45. The average molecular weight is 396 g/mol. The fraction of sp³-hybridized carbons (Fsp3) is 0.250. The van der Waals surface area contributed by atoms with Crippen molar-refractivity contribution in [2.75, 3.05) is 0 Å². The quantitative estimate of drug-likeness (QED) is 0.286. The lowest BCUT2D eigenvalue weighted by Gasteiger charge is -2.19. The minimum Gasteiger partial charge on any atom is -0.292 e. The minimum absolute atomic E-state index is 0.292. The normalized spacial score (nSPS) is 14.9. The Balaban J connectivity index is 1.87. The van der Waals surface area contributed by atoms with Crippen LogP contribution in [0.15, 0.2) is 72.9 Å². The van der Waals surface area contributed by atoms with Crippen molar-refractivity contribution in [3.8, 4) is 11.3 Å². The van der Waals surface area contributed by atoms with Crippen LogP contribution in [-0.2, 0) is 6.42 Å². The molecule has 0 radical (unpaired) electrons. The van der Waals surface area contributed by atoms with Crippen LogP contribution in [0.4, 0.5) is 0 Å². The van der Waals surface area contributed by atoms with Gasteiger partial charge in [-0.05, 0) is 40.8 Å². The van der Waals surface area contributed by atoms with Gasteiger partial charge in [0.05, 0.1) is 17.4 Å². The molecule has 0 amide bonds. The molecule has 2 aromatic heterocycles. The fourth-order valence-corrected chi connectivity index (χ4v) is 4.68. The monoisotopic (exact) mass is 395 g/mol. The van der Waals surface area contributed by atoms with E-state index < -0.39 is 12.8 Å². The van der Waals surface area contributed by atoms with Crippen molar-refractivity contribution in [2.24, 2.45) is 5.92 Å². The third-order valence-corrected chi connectivity index (χ3v) is 5.95. The molecule has 1 atom stereocenters. The van der Waals surface area contributed by atoms with E-state index in [1.54, 1.807) is 0 Å². The molecule has 0 saturated heterocycles. The van der Waals surface area contributed by atoms with Crippen LogP contribution in [0.1, 0.15) is 48.8 Å². The van der Waals surface area contributed by atoms with Crippen molar-refractivity contribution < 1.29 is 4.11 Å². The maximum atomic E-state index is 7.92. The first-order valence-electron chi connectivity index (χ1n) is 12.2. The van der Waals surface area contributed by atoms with Gasteiger partial charge in [-0.2, -0.15) is 0 Å². The lowest BCUT2D eigenvalue weighted by molar-refractivity contribution is 0.647. The van der Waals surface area contributed by atoms with Gasteiger partial charge >= 0.3 is 0 Å². The van der Waals surface area contributed by atoms with Gasteiger partial charge in [-0.3, -0.25) is 4.40 Å². The molecule has 30 heavy (non-hydrogen) atoms. The van der Waals surface area contributed by atoms with Crippen molar-refractivity contribution in [1.29, 1.82) is 0 Å². The first-order valence-corrected chi connectivity index (χ1v) is 10.7. The zero-order valence-electron chi connectivity index (χ0n) is 20.7. The topological polar surface area (TPSA) is 17.3 Å². The summed E-state index contributed by atoms with van der Waals surface area (Å²) < 4.78 is 26.0. The predicted molar refractivity (Wildman–Crippen MR) is 128 cm³/mol. The minimum atomic E-state index is -1.99. The third kappa shape index (κ3) is 2.90. The zero-order valence-corrected chi connectivity index (χ0v) is 17.7. The van der Waals surface area contributed by atoms with Gasteiger partial charge < -0.3 is 0 Å². The predicted octanol–water partition coefficient (Wildman–Crippen LogP) is 7.63. The van der Waals surface area contributed by atoms with E-state index >= 15 is 0 Å². The van der Waals surface area contributed by atoms with Crippen molar-refractivity contribution in [2.45, 2.75) is 40.0 Å². The molecule has 2 heteroatoms. The molecule has 0 saturated carbocycles. The number of fused-ring (bicyclic) bond motifs is 6. The van der Waals surface area contributed by atoms with Crippen molar-refractivity contribution >= 4 is 27.3 Å². The number of hydrogen-bond acceptors (Lipinski definition) is 1. The summed E-state index contributed by atoms with van der Waals surface area (Å²) in [6.45, 7) is 4.20. The Morgan fingerprint density at radius 3 is 2.37 bits per heavy atom. The number of rotatable bonds is 4. The van der Waals surface area contributed by atoms with Gasteiger partial charge in [-0.1, -0.05) is 88.3 Å². The van der Waals surface area contributed by atoms with Crippen LogP contribution in [-0.4, -0.2) is 9.38 Å². The number of imidazole rings is 1. The summed E-state index contributed by atoms with van der Waals surface area (Å²) in [7, 11) is 0. The highest BCUT2D eigenvalue weighted by molar-refractivity contribution is 6.12. The Labute approximate surface area is 182 Å². The van der Waals surface area contributed by atoms with E-state index in [1.165, 1.54) is 16.3 Å². The smallest absolute Gasteiger partial charge is 0.145 e. The summed E-state index contributed by atoms with van der Waals surface area (Å²) in [5.41, 5.74) is 6.42. The van der Waals surface area contributed by atoms with Crippen LogP contribution in [0.25, 0.3) is 38.6 Å². The van der Waals surface area contributed by atoms with Crippen LogP contribution >= 0.6 is 0 Å². The first-order chi connectivity index (χ1) is 15.8. The largest absolute Gasteiger partial charge is 0.292 e. The summed E-state index contributed by atoms with van der Waals surface area (Å²) >= 11 is 0. The Hall–Kier alpha value is -3.13. The Morgan fingerprint density at radius 1 is 0.867 bits per heavy atom. The lowest BCUT2D eigenvalue weighted by atomic mass is 9.88. The van der Waals surface area contributed by atoms with E-state index in [9.17, 15) is 0 Å². The van der Waals surface area contributed by atoms with Crippen LogP contribution in [0.3, 0.4) is 0 Å². The zero-order chi connectivity index (χ0) is 23.3. The van der Waals surface area contributed by atoms with E-state index in [0.29, 0.717) is 12.3 Å². The molecule has 0 aliphatic rings. The molecule has 5 aromatic rings. The molecule has 2 nitrogen and oxygen atoms in total. The van der Waals surface area contributed by atoms with Gasteiger partial charge in [-0.25, -0.2) is 4.98 Å². The van der Waals surface area contributed by atoms with Crippen LogP contribution in [0.2, 0.25) is 0 Å². The van der Waals surface area contributed by atoms with Crippen molar-refractivity contribution in [1.82, 2.24) is 9.38 Å². The molecule has 5 rings (SSSR count). The van der Waals surface area contributed by atoms with E-state index in [4.69, 9.17) is 9.10 Å². The maximum absolute atomic E-state index is 7.92. The van der Waals surface area contributed by atoms with Crippen LogP contribution in [0, 0.1) is 5.92 Å². The summed E-state index contributed by atoms with van der Waals surface area (Å²) in [5.74, 6) is -0.143. The van der Waals surface area contributed by atoms with E-state index in [0.717, 1.165) is 33.4 Å². The molecular weight excluding hydrogens is 364 g/mol. The third-order valence-electron chi connectivity index (χ3n) is 5.95. The van der Waals surface area contributed by atoms with Crippen molar-refractivity contribution in [3.63, 3.8) is 0 Å². The number of nitrogens with zero attached hydrogens (tertiary/aromatic N) is 2. The SMILES string of the molecule is [2H]C([2H])([2H])C(C)Cc1cccc(C(C)C)c1-c1cnc2c3ccccc3c3ccccc3n12. The molecule has 0 aliphatic carbocycles. The summed E-state index contributed by atoms with van der Waals surface area (Å²) in [4.78, 5) is 4.89. The second-order valence-electron chi connectivity index (χ2n) is 8.51. The fourth-order valence-electron chi connectivity index (χ4n) is 4.68. The Bertz CT molecular complexity index is 1480. The van der Waals surface area contributed by atoms with Gasteiger partial charge in [0.15, 0.2) is 0 Å². The number of pyridine rings is 1. The molecule has 0 spiro atoms. The molecule has 0 fully saturated rings. The molecule has 2 heterocycles. The summed E-state index contributed by atoms with van der Waals surface area (Å²) in [6, 6.07) is 23.1. The maximum Gasteiger partial charge on any atom is 0.145 e. The number of aromatic nitrogens is 2. The highest BCUT2D eigenvalue weighted by Gasteiger charge is 2.20. The lowest BCUT2D eigenvalue weighted by Crippen LogP contribution is -2.04. The number of benzene rings is 3. The van der Waals surface area contributed by atoms with Gasteiger partial charge in [0.25, 0.3) is 0 Å². The van der Waals surface area contributed by atoms with E-state index in [1.807, 2.05) is 13.1 Å². The van der Waals surface area contributed by atoms with Crippen LogP contribution < -0.4 is 0 Å². The average Bonchev–Trinajstić information content (AvgIpc) is 3.23. The number of para-hydroxylation sites is 1. The van der Waals surface area contributed by atoms with Gasteiger partial charge in [0.1, 0.15) is 5.65 Å². The molecular formula is C28H28N2. The number of hydrogen-bond donors (Lipinski definition) is 0. The second-order valence-corrected chi connectivity index (χ2v) is 8.51. The van der Waals surface area contributed by atoms with Crippen molar-refractivity contribution in [3.05, 3.63) is 84.1 Å². The van der Waals surface area contributed by atoms with E-state index in [2.05, 4.69) is 85.0 Å². The molecule has 150 valence electrons. The Kier molecular flexibility index (Phi) is 3.81. The highest BCUT2D eigenvalue weighted by atomic mass is 15.0. The van der Waals surface area contributed by atoms with Gasteiger partial charge in [0, 0.05) is 20.4 Å². The first kappa shape index (κ1) is 15.7. The second kappa shape index (κ2) is 7.28. The Morgan fingerprint density at radius 2 is 1.60 bits per heavy atom. The van der Waals surface area contributed by atoms with Gasteiger partial charge in [-0.15, -0.1) is 0 Å². The van der Waals surface area contributed by atoms with Gasteiger partial charge in [0.2, 0.25) is 0 Å².